The number of aromatic nitrogens is 4. The van der Waals surface area contributed by atoms with E-state index in [-0.39, 0.29) is 44.8 Å². The van der Waals surface area contributed by atoms with E-state index in [0.717, 1.165) is 6.07 Å². The van der Waals surface area contributed by atoms with E-state index < -0.39 is 34.5 Å². The molecule has 1 saturated heterocycles. The van der Waals surface area contributed by atoms with Crippen molar-refractivity contribution >= 4 is 46.0 Å². The van der Waals surface area contributed by atoms with Crippen molar-refractivity contribution < 1.29 is 19.1 Å². The van der Waals surface area contributed by atoms with E-state index >= 15 is 0 Å². The second-order valence-electron chi connectivity index (χ2n) is 12.4. The van der Waals surface area contributed by atoms with Crippen LogP contribution in [-0.4, -0.2) is 72.1 Å². The highest BCUT2D eigenvalue weighted by Gasteiger charge is 2.42. The Kier molecular flexibility index (Phi) is 7.67. The Labute approximate surface area is 257 Å². The fraction of sp³-hybridized carbons (Fsp3) is 0.367. The maximum Gasteiger partial charge on any atom is 0.263 e. The molecule has 0 aliphatic carbocycles. The minimum atomic E-state index is -1.09. The van der Waals surface area contributed by atoms with E-state index in [1.165, 1.54) is 41.0 Å². The van der Waals surface area contributed by atoms with Crippen LogP contribution in [0.25, 0.3) is 22.2 Å². The van der Waals surface area contributed by atoms with E-state index in [2.05, 4.69) is 59.8 Å². The zero-order chi connectivity index (χ0) is 32.3. The summed E-state index contributed by atoms with van der Waals surface area (Å²) in [6, 6.07) is 3.90. The third kappa shape index (κ3) is 5.48. The highest BCUT2D eigenvalue weighted by atomic mass is 35.5. The van der Waals surface area contributed by atoms with Crippen LogP contribution in [0, 0.1) is 5.82 Å². The number of carbonyl (C=O) groups is 2. The molecular weight excluding hydrogens is 591 g/mol. The van der Waals surface area contributed by atoms with Crippen molar-refractivity contribution in [3.63, 3.8) is 0 Å². The molecule has 4 aromatic rings. The molecular formula is C30H34ClFN8O4. The molecule has 0 spiro atoms. The van der Waals surface area contributed by atoms with Crippen molar-refractivity contribution in [2.45, 2.75) is 45.3 Å². The summed E-state index contributed by atoms with van der Waals surface area (Å²) >= 11 is 6.44. The zero-order valence-electron chi connectivity index (χ0n) is 25.3. The van der Waals surface area contributed by atoms with Crippen LogP contribution in [0.5, 0.6) is 5.75 Å². The number of rotatable bonds is 6. The van der Waals surface area contributed by atoms with Gasteiger partial charge >= 0.3 is 0 Å². The van der Waals surface area contributed by atoms with Crippen LogP contribution in [0.3, 0.4) is 0 Å². The molecule has 3 aromatic heterocycles. The number of aromatic hydroxyl groups is 1. The highest BCUT2D eigenvalue weighted by Crippen LogP contribution is 2.35. The molecule has 0 radical (unpaired) electrons. The number of nitrogens with zero attached hydrogens (tertiary/aromatic N) is 6. The number of benzene rings is 1. The van der Waals surface area contributed by atoms with Crippen LogP contribution >= 0.6 is 11.6 Å². The van der Waals surface area contributed by atoms with E-state index in [1.54, 1.807) is 6.07 Å². The summed E-state index contributed by atoms with van der Waals surface area (Å²) in [5.74, 6) is -2.84. The summed E-state index contributed by atoms with van der Waals surface area (Å²) < 4.78 is 17.3. The molecule has 232 valence electrons. The van der Waals surface area contributed by atoms with Crippen molar-refractivity contribution in [3.05, 3.63) is 63.7 Å². The lowest BCUT2D eigenvalue weighted by Crippen LogP contribution is -2.67. The topological polar surface area (TPSA) is 152 Å². The minimum Gasteiger partial charge on any atom is -0.504 e. The fourth-order valence-electron chi connectivity index (χ4n) is 5.77. The SMILES string of the molecule is CN1C(C)(C)CN(c2cc(NC(=O)Cn3cc(-c4cc(F)c(O)c(C(N)=O)c4)c4c(=O)n(C)cnc43)c(Cl)cn2)CC1(C)C. The number of anilines is 2. The smallest absolute Gasteiger partial charge is 0.263 e. The van der Waals surface area contributed by atoms with E-state index in [0.29, 0.717) is 24.6 Å². The first kappa shape index (κ1) is 31.0. The number of hydrogen-bond donors (Lipinski definition) is 3. The van der Waals surface area contributed by atoms with Crippen molar-refractivity contribution in [3.8, 4) is 16.9 Å². The number of pyridine rings is 1. The number of piperazine rings is 1. The van der Waals surface area contributed by atoms with Crippen LogP contribution in [0.2, 0.25) is 5.02 Å². The molecule has 1 aliphatic heterocycles. The average molecular weight is 625 g/mol. The number of nitrogens with two attached hydrogens (primary N) is 1. The number of likely N-dealkylation sites (N-methyl/N-ethyl adjacent to an activating group) is 1. The molecule has 44 heavy (non-hydrogen) atoms. The Morgan fingerprint density at radius 1 is 1.11 bits per heavy atom. The maximum atomic E-state index is 14.6. The van der Waals surface area contributed by atoms with Gasteiger partial charge in [0.25, 0.3) is 11.5 Å². The van der Waals surface area contributed by atoms with Crippen LogP contribution in [0.1, 0.15) is 38.1 Å². The number of fused-ring (bicyclic) bond motifs is 1. The van der Waals surface area contributed by atoms with Gasteiger partial charge in [-0.2, -0.15) is 0 Å². The van der Waals surface area contributed by atoms with Crippen LogP contribution in [-0.2, 0) is 18.4 Å². The number of nitrogens with one attached hydrogen (secondary N) is 1. The highest BCUT2D eigenvalue weighted by molar-refractivity contribution is 6.33. The first-order valence-electron chi connectivity index (χ1n) is 13.8. The number of hydrogen-bond acceptors (Lipinski definition) is 8. The molecule has 1 fully saturated rings. The van der Waals surface area contributed by atoms with Gasteiger partial charge in [0.1, 0.15) is 18.0 Å². The second-order valence-corrected chi connectivity index (χ2v) is 12.8. The molecule has 0 atom stereocenters. The summed E-state index contributed by atoms with van der Waals surface area (Å²) in [6.07, 6.45) is 4.26. The lowest BCUT2D eigenvalue weighted by molar-refractivity contribution is -0.116. The summed E-state index contributed by atoms with van der Waals surface area (Å²) in [4.78, 5) is 51.7. The number of phenols is 1. The number of primary amides is 1. The van der Waals surface area contributed by atoms with Crippen molar-refractivity contribution in [1.82, 2.24) is 24.0 Å². The quantitative estimate of drug-likeness (QED) is 0.295. The maximum absolute atomic E-state index is 14.6. The van der Waals surface area contributed by atoms with Gasteiger partial charge in [0.05, 0.1) is 34.2 Å². The van der Waals surface area contributed by atoms with Crippen molar-refractivity contribution in [2.75, 3.05) is 30.4 Å². The van der Waals surface area contributed by atoms with E-state index in [1.807, 2.05) is 0 Å². The van der Waals surface area contributed by atoms with Gasteiger partial charge in [-0.05, 0) is 52.4 Å². The summed E-state index contributed by atoms with van der Waals surface area (Å²) in [5, 5.41) is 13.1. The number of halogens is 2. The number of amides is 2. The molecule has 4 N–H and O–H groups in total. The molecule has 14 heteroatoms. The number of carbonyl (C=O) groups excluding carboxylic acids is 2. The Morgan fingerprint density at radius 2 is 1.77 bits per heavy atom. The van der Waals surface area contributed by atoms with Crippen LogP contribution < -0.4 is 21.5 Å². The first-order valence-corrected chi connectivity index (χ1v) is 14.2. The predicted octanol–water partition coefficient (Wildman–Crippen LogP) is 3.34. The Balaban J connectivity index is 1.48. The van der Waals surface area contributed by atoms with E-state index in [9.17, 15) is 23.9 Å². The molecule has 1 aliphatic rings. The van der Waals surface area contributed by atoms with Gasteiger partial charge in [0.2, 0.25) is 5.91 Å². The molecule has 5 rings (SSSR count). The van der Waals surface area contributed by atoms with Gasteiger partial charge in [0.15, 0.2) is 11.6 Å². The van der Waals surface area contributed by atoms with Gasteiger partial charge in [-0.1, -0.05) is 11.6 Å². The Bertz CT molecular complexity index is 1870. The summed E-state index contributed by atoms with van der Waals surface area (Å²) in [5.41, 5.74) is 4.97. The van der Waals surface area contributed by atoms with Crippen molar-refractivity contribution in [2.24, 2.45) is 12.8 Å². The van der Waals surface area contributed by atoms with Gasteiger partial charge in [-0.3, -0.25) is 19.3 Å². The van der Waals surface area contributed by atoms with Gasteiger partial charge in [-0.25, -0.2) is 14.4 Å². The Morgan fingerprint density at radius 3 is 2.41 bits per heavy atom. The standard InChI is InChI=1S/C30H34ClFN8O4/c1-29(2)13-40(14-30(3,4)38(29)6)22-9-21(19(31)10-34-22)36-23(41)12-39-11-18(24-27(39)35-15-37(5)28(24)44)16-7-17(26(33)43)25(42)20(32)8-16/h7-11,15,42H,12-14H2,1-6H3,(H2,33,43)(H,34,36,41). The van der Waals surface area contributed by atoms with Crippen LogP contribution in [0.4, 0.5) is 15.9 Å². The van der Waals surface area contributed by atoms with Gasteiger partial charge in [0, 0.05) is 49.0 Å². The normalized spacial score (nSPS) is 16.3. The molecule has 1 aromatic carbocycles. The second kappa shape index (κ2) is 10.9. The third-order valence-electron chi connectivity index (χ3n) is 8.30. The molecule has 0 bridgehead atoms. The summed E-state index contributed by atoms with van der Waals surface area (Å²) in [6.45, 7) is 9.81. The molecule has 12 nitrogen and oxygen atoms in total. The largest absolute Gasteiger partial charge is 0.504 e. The van der Waals surface area contributed by atoms with Gasteiger partial charge < -0.3 is 30.2 Å². The first-order chi connectivity index (χ1) is 20.5. The molecule has 4 heterocycles. The lowest BCUT2D eigenvalue weighted by Gasteiger charge is -2.55. The van der Waals surface area contributed by atoms with Crippen LogP contribution in [0.15, 0.2) is 41.7 Å². The van der Waals surface area contributed by atoms with E-state index in [4.69, 9.17) is 17.3 Å². The Hall–Kier alpha value is -4.49. The molecule has 0 saturated carbocycles. The lowest BCUT2D eigenvalue weighted by atomic mass is 9.88. The third-order valence-corrected chi connectivity index (χ3v) is 8.60. The van der Waals surface area contributed by atoms with Crippen molar-refractivity contribution in [1.29, 1.82) is 0 Å². The molecule has 2 amide bonds. The summed E-state index contributed by atoms with van der Waals surface area (Å²) in [7, 11) is 3.61. The average Bonchev–Trinajstić information content (AvgIpc) is 3.30. The minimum absolute atomic E-state index is 0.0906. The number of aryl methyl sites for hydroxylation is 1. The molecule has 0 unspecified atom stereocenters. The van der Waals surface area contributed by atoms with Gasteiger partial charge in [-0.15, -0.1) is 0 Å². The zero-order valence-corrected chi connectivity index (χ0v) is 26.0. The monoisotopic (exact) mass is 624 g/mol. The predicted molar refractivity (Wildman–Crippen MR) is 167 cm³/mol. The fourth-order valence-corrected chi connectivity index (χ4v) is 5.92.